The predicted molar refractivity (Wildman–Crippen MR) is 169 cm³/mol. The number of nitrogens with zero attached hydrogens (tertiary/aromatic N) is 2. The van der Waals surface area contributed by atoms with Crippen molar-refractivity contribution in [2.75, 3.05) is 17.3 Å². The van der Waals surface area contributed by atoms with Crippen LogP contribution in [-0.4, -0.2) is 46.5 Å². The Morgan fingerprint density at radius 3 is 2.56 bits per heavy atom. The number of aromatic amines is 2. The number of nitrogens with one attached hydrogen (secondary N) is 3. The first-order valence-corrected chi connectivity index (χ1v) is 15.9. The van der Waals surface area contributed by atoms with Gasteiger partial charge in [-0.1, -0.05) is 38.1 Å². The van der Waals surface area contributed by atoms with Crippen molar-refractivity contribution < 1.29 is 17.6 Å². The fourth-order valence-electron chi connectivity index (χ4n) is 5.14. The lowest BCUT2D eigenvalue weighted by Gasteiger charge is -2.09. The number of hydrogen-bond donors (Lipinski definition) is 3. The van der Waals surface area contributed by atoms with E-state index >= 15 is 0 Å². The number of carbonyl (C=O) groups is 1. The molecular weight excluding hydrogens is 565 g/mol. The van der Waals surface area contributed by atoms with E-state index < -0.39 is 15.7 Å². The maximum atomic E-state index is 14.6. The molecule has 3 aromatic heterocycles. The van der Waals surface area contributed by atoms with Gasteiger partial charge in [-0.25, -0.2) is 12.8 Å². The van der Waals surface area contributed by atoms with Gasteiger partial charge < -0.3 is 10.3 Å². The number of fused-ring (bicyclic) bond motifs is 2. The molecule has 3 heterocycles. The fourth-order valence-corrected chi connectivity index (χ4v) is 5.75. The topological polar surface area (TPSA) is 121 Å². The van der Waals surface area contributed by atoms with Crippen LogP contribution < -0.4 is 5.32 Å². The highest BCUT2D eigenvalue weighted by molar-refractivity contribution is 7.90. The van der Waals surface area contributed by atoms with Crippen molar-refractivity contribution in [1.29, 1.82) is 0 Å². The number of aryl methyl sites for hydroxylation is 1. The molecule has 43 heavy (non-hydrogen) atoms. The second kappa shape index (κ2) is 11.1. The van der Waals surface area contributed by atoms with Crippen LogP contribution in [0.15, 0.2) is 79.1 Å². The molecule has 218 valence electrons. The first-order valence-electron chi connectivity index (χ1n) is 13.9. The molecule has 8 nitrogen and oxygen atoms in total. The average Bonchev–Trinajstić information content (AvgIpc) is 3.59. The molecule has 0 spiro atoms. The molecular formula is C33H30FN5O3S. The summed E-state index contributed by atoms with van der Waals surface area (Å²) in [5.74, 6) is -0.682. The SMILES string of the molecule is CC(C)C(=O)Nc1cncc(-c2ccc3[nH]nc(-c4cc5c(-c6cc(F)cc(CCS(C)(=O)=O)c6)cccc5[nH]4)c3c2)c1. The van der Waals surface area contributed by atoms with Gasteiger partial charge in [-0.2, -0.15) is 5.10 Å². The minimum atomic E-state index is -3.18. The number of anilines is 1. The van der Waals surface area contributed by atoms with E-state index in [1.807, 2.05) is 68.4 Å². The van der Waals surface area contributed by atoms with Crippen molar-refractivity contribution in [1.82, 2.24) is 20.2 Å². The van der Waals surface area contributed by atoms with Gasteiger partial charge in [0.2, 0.25) is 5.91 Å². The molecule has 0 unspecified atom stereocenters. The van der Waals surface area contributed by atoms with Crippen molar-refractivity contribution >= 4 is 43.2 Å². The lowest BCUT2D eigenvalue weighted by atomic mass is 9.98. The van der Waals surface area contributed by atoms with Crippen LogP contribution in [0.2, 0.25) is 0 Å². The van der Waals surface area contributed by atoms with Crippen molar-refractivity contribution in [3.8, 4) is 33.6 Å². The first-order chi connectivity index (χ1) is 20.5. The molecule has 0 saturated heterocycles. The van der Waals surface area contributed by atoms with E-state index in [9.17, 15) is 17.6 Å². The number of aromatic nitrogens is 4. The summed E-state index contributed by atoms with van der Waals surface area (Å²) in [6.45, 7) is 3.68. The molecule has 6 aromatic rings. The Balaban J connectivity index is 1.38. The molecule has 0 aliphatic carbocycles. The number of rotatable bonds is 8. The minimum Gasteiger partial charge on any atom is -0.353 e. The van der Waals surface area contributed by atoms with Gasteiger partial charge in [0, 0.05) is 40.2 Å². The number of H-pyrrole nitrogens is 2. The zero-order chi connectivity index (χ0) is 30.3. The molecule has 0 radical (unpaired) electrons. The Labute approximate surface area is 248 Å². The number of hydrogen-bond acceptors (Lipinski definition) is 5. The molecule has 0 atom stereocenters. The molecule has 0 saturated carbocycles. The third-order valence-corrected chi connectivity index (χ3v) is 8.32. The van der Waals surface area contributed by atoms with E-state index in [2.05, 4.69) is 25.5 Å². The Kier molecular flexibility index (Phi) is 7.31. The van der Waals surface area contributed by atoms with Gasteiger partial charge in [0.1, 0.15) is 21.3 Å². The van der Waals surface area contributed by atoms with Crippen molar-refractivity contribution in [2.45, 2.75) is 20.3 Å². The third kappa shape index (κ3) is 6.05. The van der Waals surface area contributed by atoms with Crippen LogP contribution in [0.4, 0.5) is 10.1 Å². The van der Waals surface area contributed by atoms with Crippen LogP contribution >= 0.6 is 0 Å². The van der Waals surface area contributed by atoms with Gasteiger partial charge in [0.05, 0.1) is 28.8 Å². The van der Waals surface area contributed by atoms with E-state index in [0.29, 0.717) is 16.8 Å². The van der Waals surface area contributed by atoms with E-state index in [1.165, 1.54) is 18.4 Å². The van der Waals surface area contributed by atoms with Gasteiger partial charge in [-0.15, -0.1) is 0 Å². The molecule has 3 aromatic carbocycles. The number of benzene rings is 3. The van der Waals surface area contributed by atoms with E-state index in [0.717, 1.165) is 49.9 Å². The third-order valence-electron chi connectivity index (χ3n) is 7.38. The summed E-state index contributed by atoms with van der Waals surface area (Å²) in [4.78, 5) is 20.0. The van der Waals surface area contributed by atoms with Crippen LogP contribution in [0.1, 0.15) is 19.4 Å². The molecule has 0 bridgehead atoms. The number of pyridine rings is 1. The average molecular weight is 596 g/mol. The van der Waals surface area contributed by atoms with Crippen molar-refractivity contribution in [3.05, 3.63) is 90.5 Å². The van der Waals surface area contributed by atoms with Crippen LogP contribution in [-0.2, 0) is 21.1 Å². The summed E-state index contributed by atoms with van der Waals surface area (Å²) < 4.78 is 38.0. The van der Waals surface area contributed by atoms with E-state index in [1.54, 1.807) is 12.4 Å². The molecule has 3 N–H and O–H groups in total. The number of carbonyl (C=O) groups excluding carboxylic acids is 1. The molecule has 0 aliphatic heterocycles. The quantitative estimate of drug-likeness (QED) is 0.180. The van der Waals surface area contributed by atoms with Gasteiger partial charge in [-0.3, -0.25) is 14.9 Å². The second-order valence-electron chi connectivity index (χ2n) is 11.1. The summed E-state index contributed by atoms with van der Waals surface area (Å²) in [5, 5.41) is 12.4. The fraction of sp³-hybridized carbons (Fsp3) is 0.182. The highest BCUT2D eigenvalue weighted by Gasteiger charge is 2.16. The maximum Gasteiger partial charge on any atom is 0.226 e. The van der Waals surface area contributed by atoms with Crippen molar-refractivity contribution in [3.63, 3.8) is 0 Å². The van der Waals surface area contributed by atoms with Crippen LogP contribution in [0.25, 0.3) is 55.4 Å². The van der Waals surface area contributed by atoms with Gasteiger partial charge >= 0.3 is 0 Å². The largest absolute Gasteiger partial charge is 0.353 e. The van der Waals surface area contributed by atoms with Gasteiger partial charge in [0.15, 0.2) is 0 Å². The first kappa shape index (κ1) is 28.3. The summed E-state index contributed by atoms with van der Waals surface area (Å²) in [6.07, 6.45) is 4.80. The normalized spacial score (nSPS) is 11.9. The lowest BCUT2D eigenvalue weighted by molar-refractivity contribution is -0.118. The highest BCUT2D eigenvalue weighted by Crippen LogP contribution is 2.36. The zero-order valence-electron chi connectivity index (χ0n) is 23.9. The Bertz CT molecular complexity index is 2110. The monoisotopic (exact) mass is 595 g/mol. The van der Waals surface area contributed by atoms with Crippen LogP contribution in [0.5, 0.6) is 0 Å². The smallest absolute Gasteiger partial charge is 0.226 e. The van der Waals surface area contributed by atoms with Crippen molar-refractivity contribution in [2.24, 2.45) is 5.92 Å². The zero-order valence-corrected chi connectivity index (χ0v) is 24.7. The van der Waals surface area contributed by atoms with Gasteiger partial charge in [0.25, 0.3) is 0 Å². The summed E-state index contributed by atoms with van der Waals surface area (Å²) in [5.41, 5.74) is 7.76. The summed E-state index contributed by atoms with van der Waals surface area (Å²) in [7, 11) is -3.18. The highest BCUT2D eigenvalue weighted by atomic mass is 32.2. The van der Waals surface area contributed by atoms with E-state index in [4.69, 9.17) is 0 Å². The van der Waals surface area contributed by atoms with Crippen LogP contribution in [0, 0.1) is 11.7 Å². The maximum absolute atomic E-state index is 14.6. The number of amides is 1. The Morgan fingerprint density at radius 2 is 1.77 bits per heavy atom. The molecule has 6 rings (SSSR count). The lowest BCUT2D eigenvalue weighted by Crippen LogP contribution is -2.17. The molecule has 1 amide bonds. The minimum absolute atomic E-state index is 0.0461. The second-order valence-corrected chi connectivity index (χ2v) is 13.4. The molecule has 0 aliphatic rings. The van der Waals surface area contributed by atoms with E-state index in [-0.39, 0.29) is 24.0 Å². The van der Waals surface area contributed by atoms with Gasteiger partial charge in [-0.05, 0) is 71.1 Å². The number of sulfone groups is 1. The number of halogens is 1. The Hall–Kier alpha value is -4.83. The summed E-state index contributed by atoms with van der Waals surface area (Å²) in [6, 6.07) is 20.3. The summed E-state index contributed by atoms with van der Waals surface area (Å²) >= 11 is 0. The predicted octanol–water partition coefficient (Wildman–Crippen LogP) is 6.76. The molecule has 10 heteroatoms. The molecule has 0 fully saturated rings. The Morgan fingerprint density at radius 1 is 0.930 bits per heavy atom. The van der Waals surface area contributed by atoms with Crippen LogP contribution in [0.3, 0.4) is 0 Å². The standard InChI is InChI=1S/C33H30FN5O3S/c1-19(2)33(40)36-25-14-23(17-35-18-25)21-7-8-30-28(15-21)32(39-38-30)31-16-27-26(5-4-6-29(27)37-31)22-11-20(12-24(34)13-22)9-10-43(3,41)42/h4-8,11-19,37H,9-10H2,1-3H3,(H,36,40)(H,38,39).